The van der Waals surface area contributed by atoms with Gasteiger partial charge in [0.15, 0.2) is 5.82 Å². The van der Waals surface area contributed by atoms with Crippen molar-refractivity contribution in [3.63, 3.8) is 0 Å². The Balaban J connectivity index is 2.49. The number of halogens is 1. The van der Waals surface area contributed by atoms with Gasteiger partial charge in [0.05, 0.1) is 5.57 Å². The normalized spacial score (nSPS) is 11.0. The van der Waals surface area contributed by atoms with E-state index in [-0.39, 0.29) is 11.8 Å². The van der Waals surface area contributed by atoms with Crippen LogP contribution >= 0.6 is 15.9 Å². The van der Waals surface area contributed by atoms with Crippen molar-refractivity contribution >= 4 is 39.5 Å². The molecule has 0 radical (unpaired) electrons. The predicted octanol–water partition coefficient (Wildman–Crippen LogP) is 2.35. The minimum Gasteiger partial charge on any atom is -0.368 e. The number of nitrogens with zero attached hydrogens (tertiary/aromatic N) is 5. The highest BCUT2D eigenvalue weighted by atomic mass is 79.9. The Bertz CT molecular complexity index is 732. The Morgan fingerprint density at radius 3 is 2.71 bits per heavy atom. The molecule has 7 heteroatoms. The summed E-state index contributed by atoms with van der Waals surface area (Å²) in [4.78, 5) is 14.0. The third-order valence-corrected chi connectivity index (χ3v) is 3.06. The summed E-state index contributed by atoms with van der Waals surface area (Å²) in [6, 6.07) is 9.68. The first kappa shape index (κ1) is 14.9. The van der Waals surface area contributed by atoms with E-state index < -0.39 is 0 Å². The maximum Gasteiger partial charge on any atom is 0.230 e. The average molecular weight is 345 g/mol. The van der Waals surface area contributed by atoms with Crippen LogP contribution in [-0.4, -0.2) is 29.0 Å². The van der Waals surface area contributed by atoms with Gasteiger partial charge in [-0.25, -0.2) is 0 Å². The molecule has 1 aromatic carbocycles. The number of hydrogen-bond acceptors (Lipinski definition) is 6. The van der Waals surface area contributed by atoms with E-state index in [1.54, 1.807) is 25.1 Å². The van der Waals surface area contributed by atoms with Gasteiger partial charge < -0.3 is 10.6 Å². The number of aromatic nitrogens is 3. The summed E-state index contributed by atoms with van der Waals surface area (Å²) < 4.78 is 0.928. The molecule has 2 rings (SSSR count). The van der Waals surface area contributed by atoms with Gasteiger partial charge >= 0.3 is 0 Å². The van der Waals surface area contributed by atoms with Crippen LogP contribution in [0.15, 0.2) is 28.7 Å². The molecule has 0 amide bonds. The van der Waals surface area contributed by atoms with Crippen LogP contribution in [0.2, 0.25) is 0 Å². The second kappa shape index (κ2) is 6.33. The Morgan fingerprint density at radius 2 is 2.10 bits per heavy atom. The molecular formula is C14H13BrN6. The first-order valence-corrected chi connectivity index (χ1v) is 6.85. The van der Waals surface area contributed by atoms with Crippen LogP contribution < -0.4 is 10.6 Å². The molecule has 106 valence electrons. The van der Waals surface area contributed by atoms with E-state index in [2.05, 4.69) is 37.0 Å². The molecule has 0 aliphatic heterocycles. The molecular weight excluding hydrogens is 332 g/mol. The van der Waals surface area contributed by atoms with Gasteiger partial charge in [-0.2, -0.15) is 20.2 Å². The summed E-state index contributed by atoms with van der Waals surface area (Å²) in [5, 5.41) is 9.35. The van der Waals surface area contributed by atoms with Gasteiger partial charge in [-0.05, 0) is 23.8 Å². The molecule has 0 saturated heterocycles. The minimum absolute atomic E-state index is 0.0825. The summed E-state index contributed by atoms with van der Waals surface area (Å²) in [6.45, 7) is 0. The summed E-state index contributed by atoms with van der Waals surface area (Å²) in [6.07, 6.45) is 1.71. The van der Waals surface area contributed by atoms with Crippen LogP contribution in [0.3, 0.4) is 0 Å². The van der Waals surface area contributed by atoms with Crippen molar-refractivity contribution in [2.75, 3.05) is 24.7 Å². The second-order valence-corrected chi connectivity index (χ2v) is 5.35. The first-order valence-electron chi connectivity index (χ1n) is 6.06. The second-order valence-electron chi connectivity index (χ2n) is 4.44. The highest BCUT2D eigenvalue weighted by molar-refractivity contribution is 9.10. The zero-order valence-electron chi connectivity index (χ0n) is 11.6. The fraction of sp³-hybridized carbons (Fsp3) is 0.143. The SMILES string of the molecule is CN(C)c1nc(N)nc(C(C#N)=Cc2cccc(Br)c2)n1. The van der Waals surface area contributed by atoms with Gasteiger partial charge in [0.2, 0.25) is 11.9 Å². The standard InChI is InChI=1S/C14H13BrN6/c1-21(2)14-19-12(18-13(17)20-14)10(8-16)6-9-4-3-5-11(15)7-9/h3-7H,1-2H3,(H2,17,18,19,20). The molecule has 0 saturated carbocycles. The van der Waals surface area contributed by atoms with Crippen molar-refractivity contribution in [3.05, 3.63) is 40.1 Å². The molecule has 0 fully saturated rings. The lowest BCUT2D eigenvalue weighted by Crippen LogP contribution is -2.15. The van der Waals surface area contributed by atoms with E-state index in [4.69, 9.17) is 5.73 Å². The lowest BCUT2D eigenvalue weighted by Gasteiger charge is -2.11. The van der Waals surface area contributed by atoms with E-state index in [0.717, 1.165) is 10.0 Å². The number of nitrogen functional groups attached to an aromatic ring is 1. The molecule has 0 unspecified atom stereocenters. The van der Waals surface area contributed by atoms with Crippen molar-refractivity contribution in [1.82, 2.24) is 15.0 Å². The maximum absolute atomic E-state index is 9.35. The number of anilines is 2. The molecule has 0 bridgehead atoms. The molecule has 1 aromatic heterocycles. The molecule has 2 aromatic rings. The highest BCUT2D eigenvalue weighted by Gasteiger charge is 2.10. The largest absolute Gasteiger partial charge is 0.368 e. The third-order valence-electron chi connectivity index (χ3n) is 2.56. The number of benzene rings is 1. The van der Waals surface area contributed by atoms with E-state index in [0.29, 0.717) is 11.5 Å². The van der Waals surface area contributed by atoms with Gasteiger partial charge in [-0.3, -0.25) is 0 Å². The summed E-state index contributed by atoms with van der Waals surface area (Å²) in [5.74, 6) is 0.751. The van der Waals surface area contributed by atoms with Crippen LogP contribution in [0.5, 0.6) is 0 Å². The van der Waals surface area contributed by atoms with Gasteiger partial charge in [-0.1, -0.05) is 28.1 Å². The Hall–Kier alpha value is -2.46. The Morgan fingerprint density at radius 1 is 1.33 bits per heavy atom. The van der Waals surface area contributed by atoms with Crippen molar-refractivity contribution in [2.45, 2.75) is 0 Å². The fourth-order valence-corrected chi connectivity index (χ4v) is 2.03. The number of allylic oxidation sites excluding steroid dienone is 1. The van der Waals surface area contributed by atoms with Crippen LogP contribution in [0, 0.1) is 11.3 Å². The van der Waals surface area contributed by atoms with Gasteiger partial charge in [0.25, 0.3) is 0 Å². The minimum atomic E-state index is 0.0825. The number of nitrogens with two attached hydrogens (primary N) is 1. The fourth-order valence-electron chi connectivity index (χ4n) is 1.61. The lowest BCUT2D eigenvalue weighted by atomic mass is 10.1. The molecule has 0 spiro atoms. The van der Waals surface area contributed by atoms with Crippen molar-refractivity contribution in [1.29, 1.82) is 5.26 Å². The van der Waals surface area contributed by atoms with Crippen LogP contribution in [-0.2, 0) is 0 Å². The maximum atomic E-state index is 9.35. The van der Waals surface area contributed by atoms with Crippen LogP contribution in [0.25, 0.3) is 11.6 Å². The lowest BCUT2D eigenvalue weighted by molar-refractivity contribution is 0.952. The number of hydrogen-bond donors (Lipinski definition) is 1. The van der Waals surface area contributed by atoms with E-state index >= 15 is 0 Å². The molecule has 0 aliphatic rings. The van der Waals surface area contributed by atoms with Crippen molar-refractivity contribution in [3.8, 4) is 6.07 Å². The topological polar surface area (TPSA) is 91.7 Å². The average Bonchev–Trinajstić information content (AvgIpc) is 2.44. The zero-order chi connectivity index (χ0) is 15.4. The first-order chi connectivity index (χ1) is 9.99. The van der Waals surface area contributed by atoms with E-state index in [1.807, 2.05) is 24.3 Å². The molecule has 21 heavy (non-hydrogen) atoms. The summed E-state index contributed by atoms with van der Waals surface area (Å²) in [7, 11) is 3.59. The molecule has 6 nitrogen and oxygen atoms in total. The molecule has 0 atom stereocenters. The zero-order valence-corrected chi connectivity index (χ0v) is 13.2. The smallest absolute Gasteiger partial charge is 0.230 e. The summed E-state index contributed by atoms with van der Waals surface area (Å²) >= 11 is 3.39. The van der Waals surface area contributed by atoms with Crippen molar-refractivity contribution < 1.29 is 0 Å². The number of nitriles is 1. The molecule has 1 heterocycles. The third kappa shape index (κ3) is 3.77. The monoisotopic (exact) mass is 344 g/mol. The Kier molecular flexibility index (Phi) is 4.50. The molecule has 0 aliphatic carbocycles. The number of rotatable bonds is 3. The van der Waals surface area contributed by atoms with Gasteiger partial charge in [0.1, 0.15) is 6.07 Å². The van der Waals surface area contributed by atoms with Crippen LogP contribution in [0.1, 0.15) is 11.4 Å². The molecule has 2 N–H and O–H groups in total. The Labute approximate surface area is 131 Å². The van der Waals surface area contributed by atoms with Gasteiger partial charge in [-0.15, -0.1) is 0 Å². The predicted molar refractivity (Wildman–Crippen MR) is 86.2 cm³/mol. The van der Waals surface area contributed by atoms with Crippen molar-refractivity contribution in [2.24, 2.45) is 0 Å². The van der Waals surface area contributed by atoms with Crippen LogP contribution in [0.4, 0.5) is 11.9 Å². The highest BCUT2D eigenvalue weighted by Crippen LogP contribution is 2.19. The van der Waals surface area contributed by atoms with E-state index in [1.165, 1.54) is 0 Å². The quantitative estimate of drug-likeness (QED) is 0.859. The summed E-state index contributed by atoms with van der Waals surface area (Å²) in [5.41, 5.74) is 6.87. The van der Waals surface area contributed by atoms with Gasteiger partial charge in [0, 0.05) is 18.6 Å². The van der Waals surface area contributed by atoms with E-state index in [9.17, 15) is 5.26 Å².